The predicted molar refractivity (Wildman–Crippen MR) is 130 cm³/mol. The van der Waals surface area contributed by atoms with E-state index in [-0.39, 0.29) is 6.54 Å². The zero-order chi connectivity index (χ0) is 23.7. The Morgan fingerprint density at radius 1 is 0.824 bits per heavy atom. The van der Waals surface area contributed by atoms with Crippen molar-refractivity contribution < 1.29 is 14.4 Å². The molecule has 0 radical (unpaired) electrons. The topological polar surface area (TPSA) is 76.2 Å². The second-order valence-electron chi connectivity index (χ2n) is 8.09. The van der Waals surface area contributed by atoms with Gasteiger partial charge in [0.1, 0.15) is 0 Å². The van der Waals surface area contributed by atoms with Crippen molar-refractivity contribution in [3.8, 4) is 0 Å². The van der Waals surface area contributed by atoms with Gasteiger partial charge in [-0.15, -0.1) is 0 Å². The maximum atomic E-state index is 14.3. The number of hydrogen-bond acceptors (Lipinski definition) is 4. The number of nitrogens with one attached hydrogen (secondary N) is 1. The second-order valence-corrected chi connectivity index (χ2v) is 8.09. The lowest BCUT2D eigenvalue weighted by Crippen LogP contribution is -2.68. The van der Waals surface area contributed by atoms with Crippen LogP contribution in [0.5, 0.6) is 0 Å². The van der Waals surface area contributed by atoms with Crippen LogP contribution in [0.2, 0.25) is 0 Å². The molecule has 8 nitrogen and oxygen atoms in total. The number of hydrogen-bond donors (Lipinski definition) is 1. The Hall–Kier alpha value is -4.17. The molecule has 3 aromatic carbocycles. The van der Waals surface area contributed by atoms with Crippen molar-refractivity contribution in [1.82, 2.24) is 9.80 Å². The van der Waals surface area contributed by atoms with Crippen LogP contribution in [0.1, 0.15) is 6.92 Å². The molecule has 1 N–H and O–H groups in total. The molecule has 0 saturated carbocycles. The van der Waals surface area contributed by atoms with Crippen molar-refractivity contribution in [2.45, 2.75) is 12.7 Å². The molecule has 3 aromatic rings. The first-order chi connectivity index (χ1) is 16.6. The number of carbonyl (C=O) groups is 3. The van der Waals surface area contributed by atoms with Gasteiger partial charge in [0.2, 0.25) is 0 Å². The van der Waals surface area contributed by atoms with Gasteiger partial charge in [-0.1, -0.05) is 61.5 Å². The summed E-state index contributed by atoms with van der Waals surface area (Å²) in [6.45, 7) is 3.13. The van der Waals surface area contributed by atoms with E-state index in [1.54, 1.807) is 48.5 Å². The predicted octanol–water partition coefficient (Wildman–Crippen LogP) is 4.18. The number of anilines is 3. The first kappa shape index (κ1) is 21.7. The zero-order valence-corrected chi connectivity index (χ0v) is 18.8. The fraction of sp³-hybridized carbons (Fsp3) is 0.192. The highest BCUT2D eigenvalue weighted by atomic mass is 16.2. The van der Waals surface area contributed by atoms with E-state index < -0.39 is 23.8 Å². The summed E-state index contributed by atoms with van der Waals surface area (Å²) >= 11 is 0. The Labute approximate surface area is 198 Å². The Balaban J connectivity index is 1.66. The number of carbonyl (C=O) groups excluding carboxylic acids is 3. The molecule has 0 bridgehead atoms. The van der Waals surface area contributed by atoms with Gasteiger partial charge in [-0.05, 0) is 42.9 Å². The Morgan fingerprint density at radius 2 is 1.38 bits per heavy atom. The van der Waals surface area contributed by atoms with Crippen molar-refractivity contribution in [2.75, 3.05) is 34.8 Å². The van der Waals surface area contributed by atoms with E-state index in [0.717, 1.165) is 0 Å². The van der Waals surface area contributed by atoms with E-state index in [9.17, 15) is 14.4 Å². The summed E-state index contributed by atoms with van der Waals surface area (Å²) in [5.74, 6) is -2.10. The molecule has 8 heteroatoms. The summed E-state index contributed by atoms with van der Waals surface area (Å²) in [6, 6.07) is 26.0. The molecule has 2 aliphatic heterocycles. The van der Waals surface area contributed by atoms with Gasteiger partial charge >= 0.3 is 12.1 Å². The second kappa shape index (κ2) is 8.64. The lowest BCUT2D eigenvalue weighted by molar-refractivity contribution is -0.131. The van der Waals surface area contributed by atoms with Crippen molar-refractivity contribution in [1.29, 1.82) is 0 Å². The van der Waals surface area contributed by atoms with Crippen molar-refractivity contribution in [2.24, 2.45) is 0 Å². The molecule has 5 rings (SSSR count). The third-order valence-corrected chi connectivity index (χ3v) is 6.28. The first-order valence-corrected chi connectivity index (χ1v) is 11.3. The monoisotopic (exact) mass is 455 g/mol. The molecule has 1 unspecified atom stereocenters. The number of likely N-dealkylation sites (N-methyl/N-ethyl adjacent to an activating group) is 1. The van der Waals surface area contributed by atoms with Crippen LogP contribution in [0.15, 0.2) is 91.0 Å². The summed E-state index contributed by atoms with van der Waals surface area (Å²) in [5, 5.41) is 2.89. The average Bonchev–Trinajstić information content (AvgIpc) is 3.36. The van der Waals surface area contributed by atoms with Gasteiger partial charge in [-0.2, -0.15) is 0 Å². The minimum Gasteiger partial charge on any atom is -0.308 e. The molecular weight excluding hydrogens is 430 g/mol. The molecule has 2 fully saturated rings. The van der Waals surface area contributed by atoms with Crippen LogP contribution in [0, 0.1) is 0 Å². The lowest BCUT2D eigenvalue weighted by atomic mass is 10.2. The minimum absolute atomic E-state index is 0.289. The quantitative estimate of drug-likeness (QED) is 0.599. The highest BCUT2D eigenvalue weighted by molar-refractivity contribution is 6.31. The van der Waals surface area contributed by atoms with Crippen LogP contribution in [0.25, 0.3) is 0 Å². The van der Waals surface area contributed by atoms with Crippen LogP contribution >= 0.6 is 0 Å². The van der Waals surface area contributed by atoms with E-state index in [0.29, 0.717) is 30.2 Å². The van der Waals surface area contributed by atoms with Gasteiger partial charge in [0.15, 0.2) is 0 Å². The summed E-state index contributed by atoms with van der Waals surface area (Å²) in [4.78, 5) is 47.7. The molecule has 0 aromatic heterocycles. The number of amides is 5. The Kier molecular flexibility index (Phi) is 5.51. The van der Waals surface area contributed by atoms with Crippen LogP contribution in [-0.4, -0.2) is 53.2 Å². The molecule has 34 heavy (non-hydrogen) atoms. The van der Waals surface area contributed by atoms with E-state index in [4.69, 9.17) is 0 Å². The number of urea groups is 2. The number of nitrogens with zero attached hydrogens (tertiary/aromatic N) is 4. The lowest BCUT2D eigenvalue weighted by Gasteiger charge is -2.43. The van der Waals surface area contributed by atoms with Crippen LogP contribution in [0.3, 0.4) is 0 Å². The zero-order valence-electron chi connectivity index (χ0n) is 18.8. The molecule has 2 heterocycles. The smallest absolute Gasteiger partial charge is 0.308 e. The van der Waals surface area contributed by atoms with Crippen LogP contribution in [0.4, 0.5) is 26.7 Å². The van der Waals surface area contributed by atoms with Gasteiger partial charge < -0.3 is 5.32 Å². The summed E-state index contributed by atoms with van der Waals surface area (Å²) in [7, 11) is 0. The molecule has 0 aliphatic carbocycles. The maximum absolute atomic E-state index is 14.3. The Bertz CT molecular complexity index is 1200. The Morgan fingerprint density at radius 3 is 1.97 bits per heavy atom. The number of benzene rings is 3. The van der Waals surface area contributed by atoms with E-state index in [1.165, 1.54) is 14.7 Å². The highest BCUT2D eigenvalue weighted by Gasteiger charge is 2.68. The molecule has 5 amide bonds. The van der Waals surface area contributed by atoms with Gasteiger partial charge in [0.25, 0.3) is 11.7 Å². The van der Waals surface area contributed by atoms with E-state index in [2.05, 4.69) is 5.32 Å². The average molecular weight is 456 g/mol. The number of rotatable bonds is 4. The molecule has 2 aliphatic rings. The number of imide groups is 1. The largest absolute Gasteiger partial charge is 0.339 e. The summed E-state index contributed by atoms with van der Waals surface area (Å²) < 4.78 is 0. The fourth-order valence-corrected chi connectivity index (χ4v) is 4.79. The van der Waals surface area contributed by atoms with E-state index in [1.807, 2.05) is 54.3 Å². The maximum Gasteiger partial charge on any atom is 0.339 e. The molecule has 1 atom stereocenters. The normalized spacial score (nSPS) is 20.4. The van der Waals surface area contributed by atoms with Crippen LogP contribution < -0.4 is 15.1 Å². The van der Waals surface area contributed by atoms with Crippen molar-refractivity contribution >= 4 is 35.0 Å². The first-order valence-electron chi connectivity index (χ1n) is 11.3. The molecular formula is C26H25N5O3. The van der Waals surface area contributed by atoms with E-state index >= 15 is 0 Å². The van der Waals surface area contributed by atoms with Crippen molar-refractivity contribution in [3.63, 3.8) is 0 Å². The van der Waals surface area contributed by atoms with Gasteiger partial charge in [0, 0.05) is 24.5 Å². The SMILES string of the molecule is CCN1CCN(C(=O)Nc2ccccc2)C12C(=O)N(c1ccccc1)C(=O)N2c1ccccc1. The summed E-state index contributed by atoms with van der Waals surface area (Å²) in [6.07, 6.45) is 0. The molecule has 2 saturated heterocycles. The molecule has 172 valence electrons. The van der Waals surface area contributed by atoms with Crippen molar-refractivity contribution in [3.05, 3.63) is 91.0 Å². The van der Waals surface area contributed by atoms with Gasteiger partial charge in [-0.25, -0.2) is 19.4 Å². The van der Waals surface area contributed by atoms with Gasteiger partial charge in [-0.3, -0.25) is 14.6 Å². The third kappa shape index (κ3) is 3.22. The standard InChI is InChI=1S/C26H25N5O3/c1-2-28-18-19-29(24(33)27-20-12-6-3-7-13-20)26(28)23(32)30(21-14-8-4-9-15-21)25(34)31(26)22-16-10-5-11-17-22/h3-17H,2,18-19H2,1H3,(H,27,33). The third-order valence-electron chi connectivity index (χ3n) is 6.28. The minimum atomic E-state index is -1.62. The van der Waals surface area contributed by atoms with Gasteiger partial charge in [0.05, 0.1) is 5.69 Å². The fourth-order valence-electron chi connectivity index (χ4n) is 4.79. The van der Waals surface area contributed by atoms with Crippen LogP contribution in [-0.2, 0) is 4.79 Å². The molecule has 1 spiro atoms. The number of para-hydroxylation sites is 3. The highest BCUT2D eigenvalue weighted by Crippen LogP contribution is 2.43. The summed E-state index contributed by atoms with van der Waals surface area (Å²) in [5.41, 5.74) is 1.61.